The first-order chi connectivity index (χ1) is 9.00. The molecule has 1 aliphatic carbocycles. The zero-order chi connectivity index (χ0) is 14.0. The van der Waals surface area contributed by atoms with Gasteiger partial charge in [-0.2, -0.15) is 0 Å². The third-order valence-corrected chi connectivity index (χ3v) is 4.46. The van der Waals surface area contributed by atoms with Gasteiger partial charge in [0, 0.05) is 18.8 Å². The van der Waals surface area contributed by atoms with Gasteiger partial charge in [0.25, 0.3) is 0 Å². The van der Waals surface area contributed by atoms with E-state index >= 15 is 0 Å². The highest BCUT2D eigenvalue weighted by atomic mass is 16.3. The fourth-order valence-electron chi connectivity index (χ4n) is 3.26. The minimum absolute atomic E-state index is 0.0777. The van der Waals surface area contributed by atoms with Gasteiger partial charge in [0.05, 0.1) is 6.10 Å². The van der Waals surface area contributed by atoms with Crippen LogP contribution in [0.25, 0.3) is 0 Å². The standard InChI is InChI=1S/C17H27NO/c1-12(2)16-7-5-6-13(3)17(16)18(4)14-8-10-15(19)11-9-14/h5-7,12,14-15,19H,8-11H2,1-4H3. The van der Waals surface area contributed by atoms with Gasteiger partial charge in [-0.05, 0) is 49.7 Å². The SMILES string of the molecule is Cc1cccc(C(C)C)c1N(C)C1CCC(O)CC1. The van der Waals surface area contributed by atoms with Gasteiger partial charge in [-0.15, -0.1) is 0 Å². The fourth-order valence-corrected chi connectivity index (χ4v) is 3.26. The van der Waals surface area contributed by atoms with Crippen molar-refractivity contribution in [1.29, 1.82) is 0 Å². The van der Waals surface area contributed by atoms with Gasteiger partial charge < -0.3 is 10.0 Å². The average molecular weight is 261 g/mol. The van der Waals surface area contributed by atoms with E-state index in [0.29, 0.717) is 12.0 Å². The van der Waals surface area contributed by atoms with Crippen LogP contribution in [0.1, 0.15) is 56.6 Å². The van der Waals surface area contributed by atoms with Gasteiger partial charge >= 0.3 is 0 Å². The number of anilines is 1. The number of hydrogen-bond acceptors (Lipinski definition) is 2. The minimum Gasteiger partial charge on any atom is -0.393 e. The lowest BCUT2D eigenvalue weighted by molar-refractivity contribution is 0.122. The third kappa shape index (κ3) is 3.11. The lowest BCUT2D eigenvalue weighted by atomic mass is 9.90. The van der Waals surface area contributed by atoms with Crippen LogP contribution in [0.15, 0.2) is 18.2 Å². The normalized spacial score (nSPS) is 23.7. The van der Waals surface area contributed by atoms with Crippen LogP contribution < -0.4 is 4.90 Å². The molecule has 0 bridgehead atoms. The van der Waals surface area contributed by atoms with Crippen molar-refractivity contribution in [3.63, 3.8) is 0 Å². The van der Waals surface area contributed by atoms with E-state index in [1.54, 1.807) is 0 Å². The van der Waals surface area contributed by atoms with Crippen molar-refractivity contribution in [1.82, 2.24) is 0 Å². The summed E-state index contributed by atoms with van der Waals surface area (Å²) in [7, 11) is 2.22. The summed E-state index contributed by atoms with van der Waals surface area (Å²) in [6.07, 6.45) is 4.01. The largest absolute Gasteiger partial charge is 0.393 e. The predicted octanol–water partition coefficient (Wildman–Crippen LogP) is 3.86. The Labute approximate surface area is 117 Å². The summed E-state index contributed by atoms with van der Waals surface area (Å²) in [6.45, 7) is 6.73. The van der Waals surface area contributed by atoms with Crippen LogP contribution in [0.3, 0.4) is 0 Å². The second-order valence-corrected chi connectivity index (χ2v) is 6.24. The molecular formula is C17H27NO. The van der Waals surface area contributed by atoms with E-state index in [0.717, 1.165) is 25.7 Å². The molecule has 1 aromatic rings. The van der Waals surface area contributed by atoms with E-state index in [-0.39, 0.29) is 6.10 Å². The maximum Gasteiger partial charge on any atom is 0.0541 e. The zero-order valence-corrected chi connectivity index (χ0v) is 12.7. The second-order valence-electron chi connectivity index (χ2n) is 6.24. The van der Waals surface area contributed by atoms with Crippen LogP contribution in [0, 0.1) is 6.92 Å². The minimum atomic E-state index is -0.0777. The number of hydrogen-bond donors (Lipinski definition) is 1. The monoisotopic (exact) mass is 261 g/mol. The van der Waals surface area contributed by atoms with Crippen LogP contribution in [-0.4, -0.2) is 24.3 Å². The number of nitrogens with zero attached hydrogens (tertiary/aromatic N) is 1. The van der Waals surface area contributed by atoms with E-state index in [1.807, 2.05) is 0 Å². The van der Waals surface area contributed by atoms with Crippen molar-refractivity contribution in [2.75, 3.05) is 11.9 Å². The Morgan fingerprint density at radius 1 is 1.16 bits per heavy atom. The molecule has 0 atom stereocenters. The highest BCUT2D eigenvalue weighted by Crippen LogP contribution is 2.34. The van der Waals surface area contributed by atoms with Crippen molar-refractivity contribution in [2.45, 2.75) is 64.5 Å². The van der Waals surface area contributed by atoms with Gasteiger partial charge in [-0.1, -0.05) is 32.0 Å². The van der Waals surface area contributed by atoms with E-state index in [4.69, 9.17) is 0 Å². The highest BCUT2D eigenvalue weighted by Gasteiger charge is 2.25. The molecule has 2 nitrogen and oxygen atoms in total. The first kappa shape index (κ1) is 14.4. The Bertz CT molecular complexity index is 419. The molecule has 106 valence electrons. The summed E-state index contributed by atoms with van der Waals surface area (Å²) in [5, 5.41) is 9.66. The van der Waals surface area contributed by atoms with Gasteiger partial charge in [0.2, 0.25) is 0 Å². The van der Waals surface area contributed by atoms with E-state index < -0.39 is 0 Å². The Balaban J connectivity index is 2.25. The molecular weight excluding hydrogens is 234 g/mol. The quantitative estimate of drug-likeness (QED) is 0.893. The number of para-hydroxylation sites is 1. The summed E-state index contributed by atoms with van der Waals surface area (Å²) in [5.74, 6) is 0.548. The maximum atomic E-state index is 9.66. The van der Waals surface area contributed by atoms with E-state index in [9.17, 15) is 5.11 Å². The second kappa shape index (κ2) is 5.96. The summed E-state index contributed by atoms with van der Waals surface area (Å²) in [6, 6.07) is 7.19. The number of aryl methyl sites for hydroxylation is 1. The lowest BCUT2D eigenvalue weighted by Crippen LogP contribution is -2.37. The van der Waals surface area contributed by atoms with Crippen molar-refractivity contribution >= 4 is 5.69 Å². The Kier molecular flexibility index (Phi) is 4.51. The molecule has 0 spiro atoms. The lowest BCUT2D eigenvalue weighted by Gasteiger charge is -2.37. The first-order valence-electron chi connectivity index (χ1n) is 7.51. The van der Waals surface area contributed by atoms with Crippen LogP contribution in [0.4, 0.5) is 5.69 Å². The van der Waals surface area contributed by atoms with Crippen LogP contribution in [-0.2, 0) is 0 Å². The highest BCUT2D eigenvalue weighted by molar-refractivity contribution is 5.60. The summed E-state index contributed by atoms with van der Waals surface area (Å²) in [5.41, 5.74) is 4.20. The van der Waals surface area contributed by atoms with Crippen molar-refractivity contribution in [3.8, 4) is 0 Å². The first-order valence-corrected chi connectivity index (χ1v) is 7.51. The molecule has 2 heteroatoms. The molecule has 2 rings (SSSR count). The van der Waals surface area contributed by atoms with Gasteiger partial charge in [-0.3, -0.25) is 0 Å². The number of aliphatic hydroxyl groups is 1. The summed E-state index contributed by atoms with van der Waals surface area (Å²) < 4.78 is 0. The van der Waals surface area contributed by atoms with Gasteiger partial charge in [-0.25, -0.2) is 0 Å². The molecule has 1 aliphatic rings. The smallest absolute Gasteiger partial charge is 0.0541 e. The molecule has 0 radical (unpaired) electrons. The molecule has 0 amide bonds. The van der Waals surface area contributed by atoms with Crippen molar-refractivity contribution in [2.24, 2.45) is 0 Å². The molecule has 1 saturated carbocycles. The van der Waals surface area contributed by atoms with Crippen molar-refractivity contribution < 1.29 is 5.11 Å². The Morgan fingerprint density at radius 2 is 1.79 bits per heavy atom. The van der Waals surface area contributed by atoms with Crippen LogP contribution >= 0.6 is 0 Å². The topological polar surface area (TPSA) is 23.5 Å². The van der Waals surface area contributed by atoms with Gasteiger partial charge in [0.1, 0.15) is 0 Å². The number of rotatable bonds is 3. The fraction of sp³-hybridized carbons (Fsp3) is 0.647. The maximum absolute atomic E-state index is 9.66. The molecule has 1 N–H and O–H groups in total. The Morgan fingerprint density at radius 3 is 2.37 bits per heavy atom. The third-order valence-electron chi connectivity index (χ3n) is 4.46. The Hall–Kier alpha value is -1.02. The molecule has 19 heavy (non-hydrogen) atoms. The molecule has 1 aromatic carbocycles. The zero-order valence-electron chi connectivity index (χ0n) is 12.7. The molecule has 0 aliphatic heterocycles. The van der Waals surface area contributed by atoms with E-state index in [2.05, 4.69) is 50.9 Å². The molecule has 1 fully saturated rings. The van der Waals surface area contributed by atoms with Crippen LogP contribution in [0.2, 0.25) is 0 Å². The number of aliphatic hydroxyl groups excluding tert-OH is 1. The summed E-state index contributed by atoms with van der Waals surface area (Å²) >= 11 is 0. The average Bonchev–Trinajstić information content (AvgIpc) is 2.38. The molecule has 0 unspecified atom stereocenters. The molecule has 0 aromatic heterocycles. The summed E-state index contributed by atoms with van der Waals surface area (Å²) in [4.78, 5) is 2.45. The van der Waals surface area contributed by atoms with Gasteiger partial charge in [0.15, 0.2) is 0 Å². The predicted molar refractivity (Wildman–Crippen MR) is 81.9 cm³/mol. The number of benzene rings is 1. The molecule has 0 saturated heterocycles. The van der Waals surface area contributed by atoms with Crippen LogP contribution in [0.5, 0.6) is 0 Å². The van der Waals surface area contributed by atoms with Crippen molar-refractivity contribution in [3.05, 3.63) is 29.3 Å². The van der Waals surface area contributed by atoms with E-state index in [1.165, 1.54) is 16.8 Å². The molecule has 0 heterocycles.